The molecule has 0 radical (unpaired) electrons. The first-order chi connectivity index (χ1) is 12.4. The third-order valence-electron chi connectivity index (χ3n) is 3.25. The summed E-state index contributed by atoms with van der Waals surface area (Å²) in [6, 6.07) is 6.35. The van der Waals surface area contributed by atoms with Crippen molar-refractivity contribution < 1.29 is 18.3 Å². The van der Waals surface area contributed by atoms with Crippen LogP contribution in [0.25, 0.3) is 0 Å². The number of alkyl halides is 2. The monoisotopic (exact) mass is 385 g/mol. The minimum Gasteiger partial charge on any atom is -0.435 e. The molecule has 2 aromatic rings. The van der Waals surface area contributed by atoms with E-state index >= 15 is 0 Å². The van der Waals surface area contributed by atoms with E-state index in [1.165, 1.54) is 23.9 Å². The van der Waals surface area contributed by atoms with Gasteiger partial charge in [0.15, 0.2) is 0 Å². The number of aromatic nitrogens is 4. The topological polar surface area (TPSA) is 81.9 Å². The maximum Gasteiger partial charge on any atom is 0.387 e. The molecule has 26 heavy (non-hydrogen) atoms. The number of carbonyl (C=O) groups excluding carboxylic acids is 1. The molecule has 10 heteroatoms. The Bertz CT molecular complexity index is 694. The van der Waals surface area contributed by atoms with Crippen molar-refractivity contribution in [3.05, 3.63) is 29.8 Å². The zero-order valence-corrected chi connectivity index (χ0v) is 15.4. The van der Waals surface area contributed by atoms with Crippen molar-refractivity contribution in [1.29, 1.82) is 0 Å². The van der Waals surface area contributed by atoms with Gasteiger partial charge in [-0.2, -0.15) is 8.78 Å². The van der Waals surface area contributed by atoms with Gasteiger partial charge in [-0.05, 0) is 40.5 Å². The summed E-state index contributed by atoms with van der Waals surface area (Å²) in [6.45, 7) is 2.44. The number of hydrogen-bond acceptors (Lipinski definition) is 6. The fourth-order valence-electron chi connectivity index (χ4n) is 2.13. The molecule has 1 heterocycles. The number of rotatable bonds is 10. The Morgan fingerprint density at radius 3 is 2.69 bits per heavy atom. The van der Waals surface area contributed by atoms with Gasteiger partial charge in [-0.15, -0.1) is 5.10 Å². The average Bonchev–Trinajstić information content (AvgIpc) is 3.00. The normalized spacial score (nSPS) is 11.2. The van der Waals surface area contributed by atoms with E-state index < -0.39 is 6.61 Å². The Kier molecular flexibility index (Phi) is 7.76. The van der Waals surface area contributed by atoms with E-state index in [9.17, 15) is 13.6 Å². The van der Waals surface area contributed by atoms with E-state index in [0.29, 0.717) is 30.6 Å². The molecule has 7 nitrogen and oxygen atoms in total. The van der Waals surface area contributed by atoms with Gasteiger partial charge in [0, 0.05) is 13.1 Å². The van der Waals surface area contributed by atoms with Crippen LogP contribution in [0, 0.1) is 5.92 Å². The van der Waals surface area contributed by atoms with Gasteiger partial charge in [-0.3, -0.25) is 4.79 Å². The zero-order valence-electron chi connectivity index (χ0n) is 14.6. The Morgan fingerprint density at radius 1 is 1.31 bits per heavy atom. The molecule has 0 saturated carbocycles. The molecule has 2 rings (SSSR count). The number of amides is 1. The fraction of sp³-hybridized carbons (Fsp3) is 0.500. The highest BCUT2D eigenvalue weighted by atomic mass is 32.2. The summed E-state index contributed by atoms with van der Waals surface area (Å²) in [5.74, 6) is 0.624. The Labute approximate surface area is 154 Å². The summed E-state index contributed by atoms with van der Waals surface area (Å²) in [4.78, 5) is 11.9. The number of ether oxygens (including phenoxy) is 1. The number of nitrogens with one attached hydrogen (secondary N) is 1. The first kappa shape index (κ1) is 20.1. The Morgan fingerprint density at radius 2 is 2.04 bits per heavy atom. The highest BCUT2D eigenvalue weighted by molar-refractivity contribution is 7.99. The molecule has 0 saturated heterocycles. The molecule has 1 aromatic carbocycles. The molecule has 0 aliphatic carbocycles. The molecule has 1 amide bonds. The number of tetrazole rings is 1. The van der Waals surface area contributed by atoms with Gasteiger partial charge in [0.1, 0.15) is 5.75 Å². The molecule has 0 bridgehead atoms. The molecule has 1 N–H and O–H groups in total. The number of nitrogens with zero attached hydrogens (tertiary/aromatic N) is 4. The first-order valence-corrected chi connectivity index (χ1v) is 9.12. The molecule has 0 aliphatic rings. The summed E-state index contributed by atoms with van der Waals surface area (Å²) in [5, 5.41) is 14.9. The predicted molar refractivity (Wildman–Crippen MR) is 93.2 cm³/mol. The van der Waals surface area contributed by atoms with Crippen LogP contribution in [0.2, 0.25) is 0 Å². The quantitative estimate of drug-likeness (QED) is 0.633. The van der Waals surface area contributed by atoms with Crippen LogP contribution >= 0.6 is 11.8 Å². The van der Waals surface area contributed by atoms with Crippen molar-refractivity contribution in [2.45, 2.75) is 38.6 Å². The van der Waals surface area contributed by atoms with E-state index in [-0.39, 0.29) is 17.4 Å². The largest absolute Gasteiger partial charge is 0.435 e. The molecule has 0 spiro atoms. The summed E-state index contributed by atoms with van der Waals surface area (Å²) in [5.41, 5.74) is 0.917. The van der Waals surface area contributed by atoms with E-state index in [1.807, 2.05) is 0 Å². The summed E-state index contributed by atoms with van der Waals surface area (Å²) in [7, 11) is 0. The summed E-state index contributed by atoms with van der Waals surface area (Å²) < 4.78 is 30.2. The van der Waals surface area contributed by atoms with Gasteiger partial charge < -0.3 is 10.1 Å². The third kappa shape index (κ3) is 6.95. The Hall–Kier alpha value is -2.23. The van der Waals surface area contributed by atoms with Crippen LogP contribution in [0.5, 0.6) is 5.75 Å². The van der Waals surface area contributed by atoms with Crippen LogP contribution in [0.15, 0.2) is 29.4 Å². The highest BCUT2D eigenvalue weighted by Crippen LogP contribution is 2.16. The second kappa shape index (κ2) is 10.0. The van der Waals surface area contributed by atoms with Crippen molar-refractivity contribution in [3.63, 3.8) is 0 Å². The number of carbonyl (C=O) groups is 1. The number of thioether (sulfide) groups is 1. The second-order valence-electron chi connectivity index (χ2n) is 5.95. The zero-order chi connectivity index (χ0) is 18.9. The maximum atomic E-state index is 12.1. The number of halogens is 2. The van der Waals surface area contributed by atoms with Gasteiger partial charge in [0.25, 0.3) is 0 Å². The lowest BCUT2D eigenvalue weighted by Gasteiger charge is -2.08. The predicted octanol–water partition coefficient (Wildman–Crippen LogP) is 2.38. The van der Waals surface area contributed by atoms with Gasteiger partial charge in [0.05, 0.1) is 5.75 Å². The molecule has 1 aromatic heterocycles. The average molecular weight is 385 g/mol. The molecular formula is C16H21F2N5O2S. The van der Waals surface area contributed by atoms with E-state index in [2.05, 4.69) is 39.4 Å². The second-order valence-corrected chi connectivity index (χ2v) is 6.89. The van der Waals surface area contributed by atoms with Gasteiger partial charge >= 0.3 is 6.61 Å². The van der Waals surface area contributed by atoms with Gasteiger partial charge in [-0.25, -0.2) is 4.68 Å². The highest BCUT2D eigenvalue weighted by Gasteiger charge is 2.11. The lowest BCUT2D eigenvalue weighted by atomic mass is 10.1. The van der Waals surface area contributed by atoms with Gasteiger partial charge in [0.2, 0.25) is 11.1 Å². The molecule has 0 fully saturated rings. The molecular weight excluding hydrogens is 364 g/mol. The van der Waals surface area contributed by atoms with Crippen LogP contribution in [0.3, 0.4) is 0 Å². The molecule has 0 unspecified atom stereocenters. The maximum absolute atomic E-state index is 12.1. The molecule has 142 valence electrons. The van der Waals surface area contributed by atoms with E-state index in [0.717, 1.165) is 5.56 Å². The number of hydrogen-bond donors (Lipinski definition) is 1. The summed E-state index contributed by atoms with van der Waals surface area (Å²) >= 11 is 1.28. The van der Waals surface area contributed by atoms with Crippen LogP contribution < -0.4 is 10.1 Å². The SMILES string of the molecule is CC(C)Cn1nnnc1SCC(=O)NCCc1ccc(OC(F)F)cc1. The molecule has 0 aliphatic heterocycles. The molecule has 0 atom stereocenters. The lowest BCUT2D eigenvalue weighted by molar-refractivity contribution is -0.118. The van der Waals surface area contributed by atoms with Crippen molar-refractivity contribution in [1.82, 2.24) is 25.5 Å². The van der Waals surface area contributed by atoms with Crippen LogP contribution in [0.1, 0.15) is 19.4 Å². The van der Waals surface area contributed by atoms with Crippen molar-refractivity contribution in [3.8, 4) is 5.75 Å². The standard InChI is InChI=1S/C16H21F2N5O2S/c1-11(2)9-23-16(20-21-22-23)26-10-14(24)19-8-7-12-3-5-13(6-4-12)25-15(17)18/h3-6,11,15H,7-10H2,1-2H3,(H,19,24). The van der Waals surface area contributed by atoms with Crippen molar-refractivity contribution >= 4 is 17.7 Å². The van der Waals surface area contributed by atoms with Crippen LogP contribution in [-0.2, 0) is 17.8 Å². The minimum atomic E-state index is -2.83. The smallest absolute Gasteiger partial charge is 0.387 e. The van der Waals surface area contributed by atoms with Crippen LogP contribution in [0.4, 0.5) is 8.78 Å². The Balaban J connectivity index is 1.70. The summed E-state index contributed by atoms with van der Waals surface area (Å²) in [6.07, 6.45) is 0.594. The van der Waals surface area contributed by atoms with Gasteiger partial charge in [-0.1, -0.05) is 37.7 Å². The fourth-order valence-corrected chi connectivity index (χ4v) is 2.84. The van der Waals surface area contributed by atoms with Crippen LogP contribution in [-0.4, -0.2) is 45.0 Å². The first-order valence-electron chi connectivity index (χ1n) is 8.13. The van der Waals surface area contributed by atoms with E-state index in [1.54, 1.807) is 16.8 Å². The number of benzene rings is 1. The van der Waals surface area contributed by atoms with Crippen molar-refractivity contribution in [2.24, 2.45) is 5.92 Å². The third-order valence-corrected chi connectivity index (χ3v) is 4.21. The van der Waals surface area contributed by atoms with Crippen molar-refractivity contribution in [2.75, 3.05) is 12.3 Å². The lowest BCUT2D eigenvalue weighted by Crippen LogP contribution is -2.27. The van der Waals surface area contributed by atoms with E-state index in [4.69, 9.17) is 0 Å². The minimum absolute atomic E-state index is 0.114.